The van der Waals surface area contributed by atoms with Crippen molar-refractivity contribution in [2.75, 3.05) is 6.54 Å². The molecule has 7 heteroatoms. The Morgan fingerprint density at radius 1 is 1.38 bits per heavy atom. The summed E-state index contributed by atoms with van der Waals surface area (Å²) in [5.74, 6) is 0.769. The summed E-state index contributed by atoms with van der Waals surface area (Å²) in [7, 11) is -3.44. The van der Waals surface area contributed by atoms with Crippen LogP contribution in [0, 0.1) is 11.8 Å². The molecular formula is C14H23BrN2O2S2. The Kier molecular flexibility index (Phi) is 5.87. The summed E-state index contributed by atoms with van der Waals surface area (Å²) in [6.07, 6.45) is 2.46. The molecule has 1 unspecified atom stereocenters. The van der Waals surface area contributed by atoms with E-state index in [1.807, 2.05) is 0 Å². The van der Waals surface area contributed by atoms with Crippen molar-refractivity contribution in [3.63, 3.8) is 0 Å². The van der Waals surface area contributed by atoms with Gasteiger partial charge >= 0.3 is 0 Å². The molecule has 0 aromatic carbocycles. The summed E-state index contributed by atoms with van der Waals surface area (Å²) in [6, 6.07) is 2.39. The standard InChI is InChI=1S/C14H23BrN2O2S2/c1-9(2)10(3)7-17-21(18,19)13-6-12(20-14(13)15)8-16-11-4-5-11/h6,9-11,16-17H,4-5,7-8H2,1-3H3. The maximum Gasteiger partial charge on any atom is 0.242 e. The third-order valence-electron chi connectivity index (χ3n) is 3.87. The largest absolute Gasteiger partial charge is 0.309 e. The van der Waals surface area contributed by atoms with E-state index in [4.69, 9.17) is 0 Å². The van der Waals surface area contributed by atoms with E-state index in [1.165, 1.54) is 24.2 Å². The van der Waals surface area contributed by atoms with Crippen LogP contribution in [-0.2, 0) is 16.6 Å². The highest BCUT2D eigenvalue weighted by molar-refractivity contribution is 9.11. The smallest absolute Gasteiger partial charge is 0.242 e. The van der Waals surface area contributed by atoms with Gasteiger partial charge in [0.1, 0.15) is 4.90 Å². The molecule has 1 atom stereocenters. The molecule has 1 aromatic heterocycles. The first-order valence-electron chi connectivity index (χ1n) is 7.31. The van der Waals surface area contributed by atoms with E-state index in [9.17, 15) is 8.42 Å². The van der Waals surface area contributed by atoms with Gasteiger partial charge in [-0.05, 0) is 46.7 Å². The maximum atomic E-state index is 12.4. The summed E-state index contributed by atoms with van der Waals surface area (Å²) in [6.45, 7) is 7.47. The Morgan fingerprint density at radius 3 is 2.62 bits per heavy atom. The van der Waals surface area contributed by atoms with Gasteiger partial charge in [0, 0.05) is 24.0 Å². The van der Waals surface area contributed by atoms with Crippen molar-refractivity contribution < 1.29 is 8.42 Å². The molecule has 1 saturated carbocycles. The van der Waals surface area contributed by atoms with Gasteiger partial charge in [-0.3, -0.25) is 0 Å². The summed E-state index contributed by atoms with van der Waals surface area (Å²) in [5, 5.41) is 3.40. The van der Waals surface area contributed by atoms with Crippen molar-refractivity contribution in [1.29, 1.82) is 0 Å². The first-order valence-corrected chi connectivity index (χ1v) is 10.4. The molecule has 120 valence electrons. The molecule has 2 N–H and O–H groups in total. The van der Waals surface area contributed by atoms with Crippen LogP contribution < -0.4 is 10.0 Å². The summed E-state index contributed by atoms with van der Waals surface area (Å²) in [4.78, 5) is 1.40. The van der Waals surface area contributed by atoms with Gasteiger partial charge < -0.3 is 5.32 Å². The van der Waals surface area contributed by atoms with Gasteiger partial charge in [0.2, 0.25) is 10.0 Å². The maximum absolute atomic E-state index is 12.4. The lowest BCUT2D eigenvalue weighted by Gasteiger charge is -2.15. The number of halogens is 1. The zero-order valence-corrected chi connectivity index (χ0v) is 15.9. The van der Waals surface area contributed by atoms with Crippen molar-refractivity contribution in [2.45, 2.75) is 51.1 Å². The minimum atomic E-state index is -3.44. The molecule has 4 nitrogen and oxygen atoms in total. The van der Waals surface area contributed by atoms with Gasteiger partial charge in [0.25, 0.3) is 0 Å². The Hall–Kier alpha value is 0.0500. The number of nitrogens with one attached hydrogen (secondary N) is 2. The van der Waals surface area contributed by atoms with Crippen LogP contribution in [-0.4, -0.2) is 21.0 Å². The molecule has 1 heterocycles. The van der Waals surface area contributed by atoms with Crippen LogP contribution in [0.3, 0.4) is 0 Å². The number of hydrogen-bond donors (Lipinski definition) is 2. The van der Waals surface area contributed by atoms with E-state index in [1.54, 1.807) is 6.07 Å². The van der Waals surface area contributed by atoms with Gasteiger partial charge in [-0.2, -0.15) is 0 Å². The highest BCUT2D eigenvalue weighted by atomic mass is 79.9. The number of sulfonamides is 1. The molecule has 2 rings (SSSR count). The molecule has 0 bridgehead atoms. The van der Waals surface area contributed by atoms with E-state index >= 15 is 0 Å². The second kappa shape index (κ2) is 7.08. The minimum absolute atomic E-state index is 0.313. The zero-order valence-electron chi connectivity index (χ0n) is 12.6. The SMILES string of the molecule is CC(C)C(C)CNS(=O)(=O)c1cc(CNC2CC2)sc1Br. The molecule has 0 radical (unpaired) electrons. The van der Waals surface area contributed by atoms with E-state index in [0.717, 1.165) is 11.4 Å². The summed E-state index contributed by atoms with van der Waals surface area (Å²) < 4.78 is 28.2. The molecule has 1 aromatic rings. The Morgan fingerprint density at radius 2 is 2.05 bits per heavy atom. The average Bonchev–Trinajstić information content (AvgIpc) is 3.16. The third-order valence-corrected chi connectivity index (χ3v) is 7.55. The predicted molar refractivity (Wildman–Crippen MR) is 91.1 cm³/mol. The lowest BCUT2D eigenvalue weighted by molar-refractivity contribution is 0.414. The summed E-state index contributed by atoms with van der Waals surface area (Å²) in [5.41, 5.74) is 0. The van der Waals surface area contributed by atoms with Crippen LogP contribution in [0.2, 0.25) is 0 Å². The Balaban J connectivity index is 2.00. The minimum Gasteiger partial charge on any atom is -0.309 e. The van der Waals surface area contributed by atoms with Crippen molar-refractivity contribution in [3.05, 3.63) is 14.7 Å². The van der Waals surface area contributed by atoms with Gasteiger partial charge in [-0.25, -0.2) is 13.1 Å². The summed E-state index contributed by atoms with van der Waals surface area (Å²) >= 11 is 4.87. The quantitative estimate of drug-likeness (QED) is 0.710. The van der Waals surface area contributed by atoms with Gasteiger partial charge in [0.15, 0.2) is 0 Å². The fourth-order valence-electron chi connectivity index (χ4n) is 1.76. The number of rotatable bonds is 8. The molecule has 1 fully saturated rings. The fraction of sp³-hybridized carbons (Fsp3) is 0.714. The normalized spacial score (nSPS) is 17.4. The van der Waals surface area contributed by atoms with Crippen molar-refractivity contribution in [3.8, 4) is 0 Å². The molecule has 1 aliphatic carbocycles. The molecule has 0 spiro atoms. The van der Waals surface area contributed by atoms with Crippen molar-refractivity contribution in [1.82, 2.24) is 10.0 Å². The lowest BCUT2D eigenvalue weighted by atomic mass is 9.99. The second-order valence-electron chi connectivity index (χ2n) is 6.08. The van der Waals surface area contributed by atoms with Crippen LogP contribution in [0.25, 0.3) is 0 Å². The number of thiophene rings is 1. The van der Waals surface area contributed by atoms with E-state index in [0.29, 0.717) is 33.1 Å². The molecule has 0 saturated heterocycles. The van der Waals surface area contributed by atoms with Crippen molar-refractivity contribution >= 4 is 37.3 Å². The molecule has 21 heavy (non-hydrogen) atoms. The zero-order chi connectivity index (χ0) is 15.6. The highest BCUT2D eigenvalue weighted by Gasteiger charge is 2.24. The molecule has 0 aliphatic heterocycles. The molecule has 1 aliphatic rings. The van der Waals surface area contributed by atoms with Gasteiger partial charge in [0.05, 0.1) is 3.79 Å². The Bertz CT molecular complexity index is 580. The van der Waals surface area contributed by atoms with E-state index in [2.05, 4.69) is 46.7 Å². The first kappa shape index (κ1) is 17.4. The van der Waals surface area contributed by atoms with Crippen LogP contribution >= 0.6 is 27.3 Å². The monoisotopic (exact) mass is 394 g/mol. The van der Waals surface area contributed by atoms with Crippen molar-refractivity contribution in [2.24, 2.45) is 11.8 Å². The number of hydrogen-bond acceptors (Lipinski definition) is 4. The van der Waals surface area contributed by atoms with E-state index in [-0.39, 0.29) is 0 Å². The fourth-order valence-corrected chi connectivity index (χ4v) is 5.53. The van der Waals surface area contributed by atoms with Crippen LogP contribution in [0.4, 0.5) is 0 Å². The van der Waals surface area contributed by atoms with Crippen LogP contribution in [0.1, 0.15) is 38.5 Å². The third kappa shape index (κ3) is 5.03. The van der Waals surface area contributed by atoms with Gasteiger partial charge in [-0.1, -0.05) is 20.8 Å². The molecular weight excluding hydrogens is 372 g/mol. The van der Waals surface area contributed by atoms with E-state index < -0.39 is 10.0 Å². The second-order valence-corrected chi connectivity index (χ2v) is 10.3. The molecule has 0 amide bonds. The van der Waals surface area contributed by atoms with Crippen LogP contribution in [0.5, 0.6) is 0 Å². The Labute approximate surface area is 139 Å². The first-order chi connectivity index (χ1) is 9.79. The van der Waals surface area contributed by atoms with Crippen LogP contribution in [0.15, 0.2) is 14.7 Å². The van der Waals surface area contributed by atoms with Gasteiger partial charge in [-0.15, -0.1) is 11.3 Å². The topological polar surface area (TPSA) is 58.2 Å². The lowest BCUT2D eigenvalue weighted by Crippen LogP contribution is -2.30. The predicted octanol–water partition coefficient (Wildman–Crippen LogP) is 3.33. The highest BCUT2D eigenvalue weighted by Crippen LogP contribution is 2.32. The average molecular weight is 395 g/mol.